The predicted octanol–water partition coefficient (Wildman–Crippen LogP) is 0.530. The van der Waals surface area contributed by atoms with E-state index < -0.39 is 18.0 Å². The SMILES string of the molecule is NC(=O)OCCONC(=O)[C@@H]1CC[C@@H]2CN1C(=O)N2OCc1ccccc1. The topological polar surface area (TPSA) is 123 Å². The molecule has 2 heterocycles. The first-order valence-electron chi connectivity index (χ1n) is 8.67. The lowest BCUT2D eigenvalue weighted by Gasteiger charge is -2.28. The molecule has 0 aliphatic carbocycles. The quantitative estimate of drug-likeness (QED) is 0.502. The van der Waals surface area contributed by atoms with Crippen LogP contribution in [-0.2, 0) is 25.8 Å². The Morgan fingerprint density at radius 2 is 1.96 bits per heavy atom. The second kappa shape index (κ2) is 8.69. The van der Waals surface area contributed by atoms with Gasteiger partial charge in [-0.05, 0) is 18.4 Å². The highest BCUT2D eigenvalue weighted by atomic mass is 16.7. The number of carbonyl (C=O) groups is 3. The Kier molecular flexibility index (Phi) is 6.09. The number of nitrogens with zero attached hydrogens (tertiary/aromatic N) is 2. The summed E-state index contributed by atoms with van der Waals surface area (Å²) in [6.45, 7) is 0.601. The summed E-state index contributed by atoms with van der Waals surface area (Å²) < 4.78 is 4.49. The molecule has 2 atom stereocenters. The Bertz CT molecular complexity index is 685. The maximum absolute atomic E-state index is 12.6. The number of nitrogens with one attached hydrogen (secondary N) is 1. The number of rotatable bonds is 8. The van der Waals surface area contributed by atoms with Gasteiger partial charge in [0.2, 0.25) is 0 Å². The van der Waals surface area contributed by atoms with Crippen molar-refractivity contribution in [1.29, 1.82) is 0 Å². The Labute approximate surface area is 156 Å². The number of hydrogen-bond acceptors (Lipinski definition) is 6. The molecule has 4 amide bonds. The van der Waals surface area contributed by atoms with Gasteiger partial charge in [0.15, 0.2) is 0 Å². The second-order valence-electron chi connectivity index (χ2n) is 6.25. The van der Waals surface area contributed by atoms with Crippen LogP contribution >= 0.6 is 0 Å². The maximum atomic E-state index is 12.6. The van der Waals surface area contributed by atoms with Crippen LogP contribution in [0.2, 0.25) is 0 Å². The van der Waals surface area contributed by atoms with Crippen LogP contribution in [0, 0.1) is 0 Å². The lowest BCUT2D eigenvalue weighted by atomic mass is 10.0. The number of ether oxygens (including phenoxy) is 1. The third-order valence-corrected chi connectivity index (χ3v) is 4.44. The van der Waals surface area contributed by atoms with Crippen LogP contribution in [0.3, 0.4) is 0 Å². The number of hydrogen-bond donors (Lipinski definition) is 2. The molecule has 3 rings (SSSR count). The van der Waals surface area contributed by atoms with Crippen LogP contribution in [0.1, 0.15) is 18.4 Å². The van der Waals surface area contributed by atoms with Gasteiger partial charge in [-0.2, -0.15) is 5.06 Å². The van der Waals surface area contributed by atoms with E-state index in [-0.39, 0.29) is 31.9 Å². The van der Waals surface area contributed by atoms with Gasteiger partial charge in [-0.15, -0.1) is 0 Å². The van der Waals surface area contributed by atoms with Gasteiger partial charge in [-0.3, -0.25) is 14.5 Å². The molecule has 2 aliphatic rings. The van der Waals surface area contributed by atoms with Crippen molar-refractivity contribution < 1.29 is 28.8 Å². The summed E-state index contributed by atoms with van der Waals surface area (Å²) in [4.78, 5) is 47.5. The molecule has 1 aromatic carbocycles. The minimum absolute atomic E-state index is 0.0374. The van der Waals surface area contributed by atoms with E-state index in [1.54, 1.807) is 0 Å². The molecule has 146 valence electrons. The average molecular weight is 378 g/mol. The van der Waals surface area contributed by atoms with Gasteiger partial charge < -0.3 is 15.4 Å². The van der Waals surface area contributed by atoms with Crippen LogP contribution in [0.5, 0.6) is 0 Å². The molecular formula is C17H22N4O6. The molecule has 0 unspecified atom stereocenters. The zero-order valence-corrected chi connectivity index (χ0v) is 14.7. The summed E-state index contributed by atoms with van der Waals surface area (Å²) in [6, 6.07) is 8.53. The Morgan fingerprint density at radius 3 is 2.70 bits per heavy atom. The number of nitrogens with two attached hydrogens (primary N) is 1. The van der Waals surface area contributed by atoms with Crippen molar-refractivity contribution in [3.8, 4) is 0 Å². The number of primary amides is 1. The van der Waals surface area contributed by atoms with Crippen molar-refractivity contribution in [3.63, 3.8) is 0 Å². The predicted molar refractivity (Wildman–Crippen MR) is 91.6 cm³/mol. The van der Waals surface area contributed by atoms with E-state index in [1.807, 2.05) is 30.3 Å². The van der Waals surface area contributed by atoms with Crippen molar-refractivity contribution in [2.24, 2.45) is 5.73 Å². The van der Waals surface area contributed by atoms with E-state index in [1.165, 1.54) is 9.96 Å². The van der Waals surface area contributed by atoms with Gasteiger partial charge in [0, 0.05) is 6.54 Å². The standard InChI is InChI=1S/C17H22N4O6/c18-16(23)25-8-9-26-19-15(22)14-7-6-13-10-20(14)17(24)21(13)27-11-12-4-2-1-3-5-12/h1-5,13-14H,6-11H2,(H2,18,23)(H,19,22)/t13-,14+/m1/s1. The number of amides is 4. The molecule has 27 heavy (non-hydrogen) atoms. The summed E-state index contributed by atoms with van der Waals surface area (Å²) in [5.74, 6) is -0.425. The fourth-order valence-electron chi connectivity index (χ4n) is 3.16. The van der Waals surface area contributed by atoms with Gasteiger partial charge in [0.25, 0.3) is 5.91 Å². The van der Waals surface area contributed by atoms with Crippen molar-refractivity contribution in [2.75, 3.05) is 19.8 Å². The summed E-state index contributed by atoms with van der Waals surface area (Å²) in [6.07, 6.45) is 0.246. The van der Waals surface area contributed by atoms with Crippen LogP contribution in [0.15, 0.2) is 30.3 Å². The van der Waals surface area contributed by atoms with E-state index in [4.69, 9.17) is 15.4 Å². The van der Waals surface area contributed by atoms with E-state index in [2.05, 4.69) is 10.2 Å². The minimum atomic E-state index is -0.915. The van der Waals surface area contributed by atoms with Crippen LogP contribution in [0.4, 0.5) is 9.59 Å². The first-order valence-corrected chi connectivity index (χ1v) is 8.67. The van der Waals surface area contributed by atoms with Gasteiger partial charge in [0.1, 0.15) is 25.9 Å². The highest BCUT2D eigenvalue weighted by molar-refractivity contribution is 5.88. The molecule has 10 nitrogen and oxygen atoms in total. The number of hydroxylamine groups is 3. The molecule has 3 N–H and O–H groups in total. The normalized spacial score (nSPS) is 21.3. The smallest absolute Gasteiger partial charge is 0.404 e. The average Bonchev–Trinajstić information content (AvgIpc) is 2.90. The summed E-state index contributed by atoms with van der Waals surface area (Å²) in [5, 5.41) is 1.36. The summed E-state index contributed by atoms with van der Waals surface area (Å²) in [5.41, 5.74) is 8.06. The Morgan fingerprint density at radius 1 is 1.19 bits per heavy atom. The molecule has 0 aromatic heterocycles. The largest absolute Gasteiger partial charge is 0.447 e. The highest BCUT2D eigenvalue weighted by Crippen LogP contribution is 2.30. The van der Waals surface area contributed by atoms with E-state index in [0.717, 1.165) is 5.56 Å². The van der Waals surface area contributed by atoms with Crippen molar-refractivity contribution in [3.05, 3.63) is 35.9 Å². The number of benzene rings is 1. The highest BCUT2D eigenvalue weighted by Gasteiger charge is 2.48. The first kappa shape index (κ1) is 18.9. The fourth-order valence-corrected chi connectivity index (χ4v) is 3.16. The molecular weight excluding hydrogens is 356 g/mol. The third-order valence-electron chi connectivity index (χ3n) is 4.44. The Balaban J connectivity index is 1.48. The van der Waals surface area contributed by atoms with Gasteiger partial charge in [-0.1, -0.05) is 30.3 Å². The number of piperidine rings is 1. The second-order valence-corrected chi connectivity index (χ2v) is 6.25. The Hall–Kier alpha value is -2.85. The number of fused-ring (bicyclic) bond motifs is 2. The zero-order chi connectivity index (χ0) is 19.2. The molecule has 2 saturated heterocycles. The maximum Gasteiger partial charge on any atom is 0.404 e. The van der Waals surface area contributed by atoms with Crippen molar-refractivity contribution >= 4 is 18.0 Å². The number of urea groups is 1. The fraction of sp³-hybridized carbons (Fsp3) is 0.471. The molecule has 2 bridgehead atoms. The molecule has 0 radical (unpaired) electrons. The number of carbonyl (C=O) groups excluding carboxylic acids is 3. The summed E-state index contributed by atoms with van der Waals surface area (Å²) in [7, 11) is 0. The molecule has 0 saturated carbocycles. The lowest BCUT2D eigenvalue weighted by Crippen LogP contribution is -2.49. The molecule has 2 aliphatic heterocycles. The van der Waals surface area contributed by atoms with Gasteiger partial charge >= 0.3 is 12.1 Å². The van der Waals surface area contributed by atoms with Crippen molar-refractivity contribution in [1.82, 2.24) is 15.4 Å². The van der Waals surface area contributed by atoms with Gasteiger partial charge in [-0.25, -0.2) is 15.1 Å². The summed E-state index contributed by atoms with van der Waals surface area (Å²) >= 11 is 0. The van der Waals surface area contributed by atoms with E-state index >= 15 is 0 Å². The van der Waals surface area contributed by atoms with E-state index in [0.29, 0.717) is 19.4 Å². The molecule has 1 aromatic rings. The van der Waals surface area contributed by atoms with E-state index in [9.17, 15) is 14.4 Å². The lowest BCUT2D eigenvalue weighted by molar-refractivity contribution is -0.141. The van der Waals surface area contributed by atoms with Crippen molar-refractivity contribution in [2.45, 2.75) is 31.5 Å². The van der Waals surface area contributed by atoms with Crippen LogP contribution in [-0.4, -0.2) is 59.8 Å². The molecule has 0 spiro atoms. The minimum Gasteiger partial charge on any atom is -0.447 e. The molecule has 10 heteroatoms. The first-order chi connectivity index (χ1) is 13.1. The third kappa shape index (κ3) is 4.66. The van der Waals surface area contributed by atoms with Gasteiger partial charge in [0.05, 0.1) is 6.04 Å². The van der Waals surface area contributed by atoms with Crippen LogP contribution in [0.25, 0.3) is 0 Å². The van der Waals surface area contributed by atoms with Crippen LogP contribution < -0.4 is 11.2 Å². The molecule has 2 fully saturated rings. The zero-order valence-electron chi connectivity index (χ0n) is 14.7. The monoisotopic (exact) mass is 378 g/mol.